The van der Waals surface area contributed by atoms with Crippen molar-refractivity contribution in [2.45, 2.75) is 56.6 Å². The third-order valence-corrected chi connectivity index (χ3v) is 7.33. The summed E-state index contributed by atoms with van der Waals surface area (Å²) in [5, 5.41) is 0. The molecular formula is C24H29NO. The molecule has 2 aromatic rings. The third kappa shape index (κ3) is 2.58. The second-order valence-electron chi connectivity index (χ2n) is 8.60. The van der Waals surface area contributed by atoms with Gasteiger partial charge in [-0.15, -0.1) is 0 Å². The topological polar surface area (TPSA) is 12.5 Å². The van der Waals surface area contributed by atoms with Gasteiger partial charge in [0.15, 0.2) is 0 Å². The minimum atomic E-state index is 0.412. The van der Waals surface area contributed by atoms with Gasteiger partial charge in [-0.1, -0.05) is 49.2 Å². The fourth-order valence-corrected chi connectivity index (χ4v) is 6.01. The van der Waals surface area contributed by atoms with Crippen LogP contribution >= 0.6 is 0 Å². The Morgan fingerprint density at radius 3 is 2.85 bits per heavy atom. The molecule has 1 saturated heterocycles. The van der Waals surface area contributed by atoms with E-state index in [4.69, 9.17) is 4.74 Å². The first kappa shape index (κ1) is 16.4. The van der Waals surface area contributed by atoms with E-state index in [1.807, 2.05) is 0 Å². The highest BCUT2D eigenvalue weighted by Gasteiger charge is 2.53. The summed E-state index contributed by atoms with van der Waals surface area (Å²) < 4.78 is 6.18. The molecule has 3 aliphatic rings. The van der Waals surface area contributed by atoms with E-state index >= 15 is 0 Å². The first-order chi connectivity index (χ1) is 12.8. The number of hydrogen-bond donors (Lipinski definition) is 0. The van der Waals surface area contributed by atoms with Gasteiger partial charge in [0.05, 0.1) is 0 Å². The van der Waals surface area contributed by atoms with Crippen molar-refractivity contribution in [3.63, 3.8) is 0 Å². The Kier molecular flexibility index (Phi) is 4.04. The number of rotatable bonds is 3. The highest BCUT2D eigenvalue weighted by atomic mass is 16.5. The van der Waals surface area contributed by atoms with Gasteiger partial charge in [-0.3, -0.25) is 0 Å². The van der Waals surface area contributed by atoms with Gasteiger partial charge in [-0.05, 0) is 74.0 Å². The molecule has 0 amide bonds. The van der Waals surface area contributed by atoms with Crippen LogP contribution in [0, 0.1) is 5.92 Å². The van der Waals surface area contributed by atoms with Crippen LogP contribution in [0.1, 0.15) is 48.8 Å². The van der Waals surface area contributed by atoms with E-state index in [2.05, 4.69) is 60.5 Å². The Morgan fingerprint density at radius 1 is 1.08 bits per heavy atom. The average molecular weight is 348 g/mol. The minimum Gasteiger partial charge on any atom is -0.489 e. The lowest BCUT2D eigenvalue weighted by Gasteiger charge is -2.58. The summed E-state index contributed by atoms with van der Waals surface area (Å²) in [6.45, 7) is 1.90. The van der Waals surface area contributed by atoms with E-state index in [1.165, 1.54) is 50.6 Å². The second kappa shape index (κ2) is 6.42. The van der Waals surface area contributed by atoms with Crippen LogP contribution in [0.4, 0.5) is 0 Å². The Labute approximate surface area is 157 Å². The molecule has 2 fully saturated rings. The molecule has 2 bridgehead atoms. The first-order valence-corrected chi connectivity index (χ1v) is 10.3. The second-order valence-corrected chi connectivity index (χ2v) is 8.60. The Balaban J connectivity index is 1.47. The normalized spacial score (nSPS) is 30.3. The predicted octanol–water partition coefficient (Wildman–Crippen LogP) is 4.95. The number of piperidine rings is 1. The molecule has 1 unspecified atom stereocenters. The van der Waals surface area contributed by atoms with Crippen molar-refractivity contribution in [1.29, 1.82) is 0 Å². The summed E-state index contributed by atoms with van der Waals surface area (Å²) >= 11 is 0. The smallest absolute Gasteiger partial charge is 0.120 e. The molecule has 0 radical (unpaired) electrons. The van der Waals surface area contributed by atoms with E-state index in [0.717, 1.165) is 17.7 Å². The summed E-state index contributed by atoms with van der Waals surface area (Å²) in [5.41, 5.74) is 4.84. The zero-order valence-electron chi connectivity index (χ0n) is 15.8. The molecular weight excluding hydrogens is 318 g/mol. The lowest BCUT2D eigenvalue weighted by atomic mass is 9.52. The van der Waals surface area contributed by atoms with Gasteiger partial charge in [0.25, 0.3) is 0 Å². The fraction of sp³-hybridized carbons (Fsp3) is 0.500. The summed E-state index contributed by atoms with van der Waals surface area (Å²) in [7, 11) is 2.34. The van der Waals surface area contributed by atoms with E-state index in [1.54, 1.807) is 11.1 Å². The van der Waals surface area contributed by atoms with Gasteiger partial charge in [-0.25, -0.2) is 0 Å². The van der Waals surface area contributed by atoms with Crippen LogP contribution in [0.5, 0.6) is 5.75 Å². The van der Waals surface area contributed by atoms with Crippen molar-refractivity contribution in [2.75, 3.05) is 13.6 Å². The van der Waals surface area contributed by atoms with E-state index in [9.17, 15) is 0 Å². The van der Waals surface area contributed by atoms with E-state index < -0.39 is 0 Å². The van der Waals surface area contributed by atoms with Gasteiger partial charge in [0.1, 0.15) is 12.4 Å². The Morgan fingerprint density at radius 2 is 1.96 bits per heavy atom. The van der Waals surface area contributed by atoms with Crippen molar-refractivity contribution in [2.24, 2.45) is 5.92 Å². The average Bonchev–Trinajstić information content (AvgIpc) is 2.70. The molecule has 26 heavy (non-hydrogen) atoms. The quantitative estimate of drug-likeness (QED) is 0.778. The Hall–Kier alpha value is -1.80. The van der Waals surface area contributed by atoms with Crippen LogP contribution < -0.4 is 4.74 Å². The summed E-state index contributed by atoms with van der Waals surface area (Å²) in [4.78, 5) is 2.64. The molecule has 1 saturated carbocycles. The summed E-state index contributed by atoms with van der Waals surface area (Å²) in [5.74, 6) is 1.88. The van der Waals surface area contributed by atoms with Gasteiger partial charge in [0, 0.05) is 11.5 Å². The lowest BCUT2D eigenvalue weighted by Crippen LogP contribution is -2.59. The van der Waals surface area contributed by atoms with Crippen molar-refractivity contribution < 1.29 is 4.74 Å². The number of hydrogen-bond acceptors (Lipinski definition) is 2. The number of nitrogens with zero attached hydrogens (tertiary/aromatic N) is 1. The van der Waals surface area contributed by atoms with Gasteiger partial charge >= 0.3 is 0 Å². The van der Waals surface area contributed by atoms with Crippen LogP contribution in [0.3, 0.4) is 0 Å². The first-order valence-electron chi connectivity index (χ1n) is 10.3. The van der Waals surface area contributed by atoms with Crippen LogP contribution in [-0.4, -0.2) is 24.5 Å². The molecule has 2 aliphatic carbocycles. The maximum absolute atomic E-state index is 6.18. The van der Waals surface area contributed by atoms with Gasteiger partial charge in [0.2, 0.25) is 0 Å². The molecule has 3 atom stereocenters. The van der Waals surface area contributed by atoms with Crippen LogP contribution in [0.2, 0.25) is 0 Å². The highest BCUT2D eigenvalue weighted by molar-refractivity contribution is 5.45. The van der Waals surface area contributed by atoms with Gasteiger partial charge in [-0.2, -0.15) is 0 Å². The van der Waals surface area contributed by atoms with Crippen LogP contribution in [0.25, 0.3) is 0 Å². The van der Waals surface area contributed by atoms with Crippen molar-refractivity contribution >= 4 is 0 Å². The van der Waals surface area contributed by atoms with E-state index in [-0.39, 0.29) is 0 Å². The monoisotopic (exact) mass is 347 g/mol. The third-order valence-electron chi connectivity index (χ3n) is 7.33. The zero-order chi connectivity index (χ0) is 17.6. The summed E-state index contributed by atoms with van der Waals surface area (Å²) in [6, 6.07) is 18.2. The van der Waals surface area contributed by atoms with Crippen LogP contribution in [-0.2, 0) is 18.4 Å². The van der Waals surface area contributed by atoms with Gasteiger partial charge < -0.3 is 9.64 Å². The van der Waals surface area contributed by atoms with E-state index in [0.29, 0.717) is 12.0 Å². The Bertz CT molecular complexity index is 786. The predicted molar refractivity (Wildman–Crippen MR) is 106 cm³/mol. The zero-order valence-corrected chi connectivity index (χ0v) is 15.8. The fourth-order valence-electron chi connectivity index (χ4n) is 6.01. The maximum Gasteiger partial charge on any atom is 0.120 e. The molecule has 5 rings (SSSR count). The molecule has 2 nitrogen and oxygen atoms in total. The molecule has 2 aromatic carbocycles. The number of fused-ring (bicyclic) bond motifs is 1. The molecule has 1 aliphatic heterocycles. The van der Waals surface area contributed by atoms with Crippen molar-refractivity contribution in [3.8, 4) is 5.75 Å². The standard InChI is InChI=1S/C24H29NO/c1-25-14-13-24-12-6-5-9-21(24)23(25)15-19-10-11-20(16-22(19)24)26-17-18-7-3-2-4-8-18/h2-4,7-8,10-11,16,21,23H,5-6,9,12-15,17H2,1H3/t21?,23-,24+/m1/s1. The largest absolute Gasteiger partial charge is 0.489 e. The summed E-state index contributed by atoms with van der Waals surface area (Å²) in [6.07, 6.45) is 8.12. The lowest BCUT2D eigenvalue weighted by molar-refractivity contribution is 0.00270. The van der Waals surface area contributed by atoms with Crippen molar-refractivity contribution in [3.05, 3.63) is 65.2 Å². The molecule has 0 N–H and O–H groups in total. The number of benzene rings is 2. The highest BCUT2D eigenvalue weighted by Crippen LogP contribution is 2.55. The number of ether oxygens (including phenoxy) is 1. The molecule has 1 heterocycles. The SMILES string of the molecule is CN1CC[C@@]23CCCCC2[C@H]1Cc1ccc(OCc2ccccc2)cc13. The minimum absolute atomic E-state index is 0.412. The van der Waals surface area contributed by atoms with Crippen molar-refractivity contribution in [1.82, 2.24) is 4.90 Å². The molecule has 2 heteroatoms. The maximum atomic E-state index is 6.18. The molecule has 136 valence electrons. The molecule has 0 aromatic heterocycles. The number of likely N-dealkylation sites (tertiary alicyclic amines) is 1. The number of likely N-dealkylation sites (N-methyl/N-ethyl adjacent to an activating group) is 1. The molecule has 0 spiro atoms. The van der Waals surface area contributed by atoms with Crippen LogP contribution in [0.15, 0.2) is 48.5 Å².